The lowest BCUT2D eigenvalue weighted by Gasteiger charge is -2.09. The van der Waals surface area contributed by atoms with Crippen molar-refractivity contribution in [1.82, 2.24) is 15.4 Å². The number of hydrogen-bond donors (Lipinski definition) is 2. The maximum atomic E-state index is 12.2. The van der Waals surface area contributed by atoms with E-state index in [-0.39, 0.29) is 16.5 Å². The minimum absolute atomic E-state index is 0.115. The Morgan fingerprint density at radius 2 is 1.78 bits per heavy atom. The summed E-state index contributed by atoms with van der Waals surface area (Å²) in [5, 5.41) is 12.2. The number of benzene rings is 2. The zero-order chi connectivity index (χ0) is 19.2. The third kappa shape index (κ3) is 4.72. The second-order valence-corrected chi connectivity index (χ2v) is 6.63. The van der Waals surface area contributed by atoms with Crippen LogP contribution in [0, 0.1) is 10.1 Å². The van der Waals surface area contributed by atoms with E-state index in [0.29, 0.717) is 10.6 Å². The Labute approximate surface area is 163 Å². The van der Waals surface area contributed by atoms with E-state index < -0.39 is 10.8 Å². The highest BCUT2D eigenvalue weighted by atomic mass is 35.5. The quantitative estimate of drug-likeness (QED) is 0.365. The van der Waals surface area contributed by atoms with E-state index in [9.17, 15) is 14.9 Å². The molecule has 3 aromatic rings. The van der Waals surface area contributed by atoms with E-state index in [4.69, 9.17) is 11.6 Å². The summed E-state index contributed by atoms with van der Waals surface area (Å²) in [5.74, 6) is -0.604. The van der Waals surface area contributed by atoms with E-state index in [1.54, 1.807) is 12.1 Å². The van der Waals surface area contributed by atoms with Crippen molar-refractivity contribution >= 4 is 40.8 Å². The van der Waals surface area contributed by atoms with Crippen molar-refractivity contribution in [3.63, 3.8) is 0 Å². The van der Waals surface area contributed by atoms with Gasteiger partial charge in [-0.05, 0) is 36.4 Å². The molecule has 0 saturated carbocycles. The number of nitrogens with zero attached hydrogens (tertiary/aromatic N) is 3. The molecule has 0 aliphatic carbocycles. The standard InChI is InChI=1S/C17H12ClN5O3S/c18-12-8-6-11(7-9-12)16(24)22-21-15-14(23(25)26)17(20-10-19-15)27-13-4-2-1-3-5-13/h1-10H,(H,22,24)(H,19,20,21). The molecule has 136 valence electrons. The zero-order valence-electron chi connectivity index (χ0n) is 13.6. The van der Waals surface area contributed by atoms with Crippen LogP contribution in [-0.2, 0) is 0 Å². The Hall–Kier alpha value is -3.17. The Bertz CT molecular complexity index is 970. The van der Waals surface area contributed by atoms with Crippen LogP contribution in [0.15, 0.2) is 70.8 Å². The Balaban J connectivity index is 1.80. The van der Waals surface area contributed by atoms with Crippen LogP contribution >= 0.6 is 23.4 Å². The van der Waals surface area contributed by atoms with E-state index >= 15 is 0 Å². The molecule has 3 rings (SSSR count). The van der Waals surface area contributed by atoms with Gasteiger partial charge in [-0.2, -0.15) is 0 Å². The molecule has 2 aromatic carbocycles. The number of hydrazine groups is 1. The van der Waals surface area contributed by atoms with E-state index in [2.05, 4.69) is 20.8 Å². The van der Waals surface area contributed by atoms with Crippen LogP contribution in [0.1, 0.15) is 10.4 Å². The maximum absolute atomic E-state index is 12.2. The Kier molecular flexibility index (Phi) is 5.84. The average Bonchev–Trinajstić information content (AvgIpc) is 2.67. The van der Waals surface area contributed by atoms with Crippen LogP contribution in [0.25, 0.3) is 0 Å². The summed E-state index contributed by atoms with van der Waals surface area (Å²) in [4.78, 5) is 31.7. The number of carbonyl (C=O) groups is 1. The van der Waals surface area contributed by atoms with Crippen molar-refractivity contribution in [1.29, 1.82) is 0 Å². The summed E-state index contributed by atoms with van der Waals surface area (Å²) in [6.45, 7) is 0. The first-order valence-electron chi connectivity index (χ1n) is 7.59. The van der Waals surface area contributed by atoms with Crippen molar-refractivity contribution in [2.75, 3.05) is 5.43 Å². The molecule has 8 nitrogen and oxygen atoms in total. The van der Waals surface area contributed by atoms with E-state index in [0.717, 1.165) is 16.7 Å². The van der Waals surface area contributed by atoms with Crippen molar-refractivity contribution < 1.29 is 9.72 Å². The number of nitrogens with one attached hydrogen (secondary N) is 2. The fourth-order valence-corrected chi connectivity index (χ4v) is 3.09. The number of nitro groups is 1. The highest BCUT2D eigenvalue weighted by molar-refractivity contribution is 7.99. The van der Waals surface area contributed by atoms with Gasteiger partial charge in [0.2, 0.25) is 5.82 Å². The lowest BCUT2D eigenvalue weighted by atomic mass is 10.2. The molecule has 0 bridgehead atoms. The van der Waals surface area contributed by atoms with Gasteiger partial charge in [-0.1, -0.05) is 41.6 Å². The number of halogens is 1. The van der Waals surface area contributed by atoms with Crippen molar-refractivity contribution in [2.45, 2.75) is 9.92 Å². The molecule has 1 heterocycles. The molecule has 0 fully saturated rings. The number of carbonyl (C=O) groups excluding carboxylic acids is 1. The van der Waals surface area contributed by atoms with E-state index in [1.807, 2.05) is 30.3 Å². The predicted molar refractivity (Wildman–Crippen MR) is 102 cm³/mol. The van der Waals surface area contributed by atoms with Crippen LogP contribution in [0.2, 0.25) is 5.02 Å². The third-order valence-corrected chi connectivity index (χ3v) is 4.58. The fraction of sp³-hybridized carbons (Fsp3) is 0. The topological polar surface area (TPSA) is 110 Å². The van der Waals surface area contributed by atoms with Crippen molar-refractivity contribution in [2.24, 2.45) is 0 Å². The molecule has 0 aliphatic heterocycles. The summed E-state index contributed by atoms with van der Waals surface area (Å²) < 4.78 is 0. The Morgan fingerprint density at radius 1 is 1.07 bits per heavy atom. The van der Waals surface area contributed by atoms with Crippen LogP contribution in [0.5, 0.6) is 0 Å². The van der Waals surface area contributed by atoms with Gasteiger partial charge < -0.3 is 0 Å². The van der Waals surface area contributed by atoms with Gasteiger partial charge in [0.05, 0.1) is 4.92 Å². The molecular formula is C17H12ClN5O3S. The number of amides is 1. The lowest BCUT2D eigenvalue weighted by Crippen LogP contribution is -2.30. The fourth-order valence-electron chi connectivity index (χ4n) is 2.08. The summed E-state index contributed by atoms with van der Waals surface area (Å²) in [6.07, 6.45) is 1.19. The third-order valence-electron chi connectivity index (χ3n) is 3.33. The average molecular weight is 402 g/mol. The first kappa shape index (κ1) is 18.6. The molecule has 1 aromatic heterocycles. The molecule has 0 unspecified atom stereocenters. The molecular weight excluding hydrogens is 390 g/mol. The highest BCUT2D eigenvalue weighted by Gasteiger charge is 2.24. The summed E-state index contributed by atoms with van der Waals surface area (Å²) in [7, 11) is 0. The van der Waals surface area contributed by atoms with Crippen molar-refractivity contribution in [3.8, 4) is 0 Å². The first-order chi connectivity index (χ1) is 13.0. The van der Waals surface area contributed by atoms with Gasteiger partial charge in [0.15, 0.2) is 5.03 Å². The normalized spacial score (nSPS) is 10.3. The second-order valence-electron chi connectivity index (χ2n) is 5.13. The SMILES string of the molecule is O=C(NNc1ncnc(Sc2ccccc2)c1[N+](=O)[O-])c1ccc(Cl)cc1. The van der Waals surface area contributed by atoms with Gasteiger partial charge in [-0.3, -0.25) is 25.8 Å². The molecule has 2 N–H and O–H groups in total. The van der Waals surface area contributed by atoms with Gasteiger partial charge in [-0.15, -0.1) is 0 Å². The number of hydrogen-bond acceptors (Lipinski definition) is 7. The molecule has 27 heavy (non-hydrogen) atoms. The minimum atomic E-state index is -0.595. The molecule has 0 saturated heterocycles. The van der Waals surface area contributed by atoms with Crippen LogP contribution in [-0.4, -0.2) is 20.8 Å². The van der Waals surface area contributed by atoms with Gasteiger partial charge in [0, 0.05) is 15.5 Å². The zero-order valence-corrected chi connectivity index (χ0v) is 15.2. The first-order valence-corrected chi connectivity index (χ1v) is 8.78. The Morgan fingerprint density at radius 3 is 2.44 bits per heavy atom. The number of rotatable bonds is 6. The molecule has 1 amide bonds. The summed E-state index contributed by atoms with van der Waals surface area (Å²) in [5.41, 5.74) is 4.88. The molecule has 0 radical (unpaired) electrons. The minimum Gasteiger partial charge on any atom is -0.276 e. The summed E-state index contributed by atoms with van der Waals surface area (Å²) >= 11 is 6.92. The highest BCUT2D eigenvalue weighted by Crippen LogP contribution is 2.36. The van der Waals surface area contributed by atoms with Gasteiger partial charge in [0.25, 0.3) is 5.91 Å². The van der Waals surface area contributed by atoms with Crippen LogP contribution < -0.4 is 10.9 Å². The smallest absolute Gasteiger partial charge is 0.276 e. The lowest BCUT2D eigenvalue weighted by molar-refractivity contribution is -0.387. The number of anilines is 1. The second kappa shape index (κ2) is 8.47. The van der Waals surface area contributed by atoms with E-state index in [1.165, 1.54) is 18.5 Å². The summed E-state index contributed by atoms with van der Waals surface area (Å²) in [6, 6.07) is 15.3. The van der Waals surface area contributed by atoms with Gasteiger partial charge in [0.1, 0.15) is 6.33 Å². The van der Waals surface area contributed by atoms with Crippen LogP contribution in [0.4, 0.5) is 11.5 Å². The molecule has 0 aliphatic rings. The molecule has 0 spiro atoms. The molecule has 0 atom stereocenters. The van der Waals surface area contributed by atoms with Crippen molar-refractivity contribution in [3.05, 3.63) is 81.6 Å². The molecule has 10 heteroatoms. The number of aromatic nitrogens is 2. The predicted octanol–water partition coefficient (Wildman–Crippen LogP) is 3.95. The maximum Gasteiger partial charge on any atom is 0.345 e. The van der Waals surface area contributed by atoms with Gasteiger partial charge in [-0.25, -0.2) is 9.97 Å². The van der Waals surface area contributed by atoms with Gasteiger partial charge >= 0.3 is 5.69 Å². The monoisotopic (exact) mass is 401 g/mol. The largest absolute Gasteiger partial charge is 0.345 e. The van der Waals surface area contributed by atoms with Crippen LogP contribution in [0.3, 0.4) is 0 Å².